The van der Waals surface area contributed by atoms with Crippen molar-refractivity contribution in [2.24, 2.45) is 29.1 Å². The number of rotatable bonds is 7. The topological polar surface area (TPSA) is 29.5 Å². The first-order valence-corrected chi connectivity index (χ1v) is 12.2. The minimum atomic E-state index is 0.381. The number of ketones is 1. The van der Waals surface area contributed by atoms with E-state index < -0.39 is 0 Å². The fourth-order valence-electron chi connectivity index (χ4n) is 7.72. The third-order valence-corrected chi connectivity index (χ3v) is 9.22. The van der Waals surface area contributed by atoms with Gasteiger partial charge in [0, 0.05) is 13.0 Å². The van der Waals surface area contributed by atoms with E-state index in [1.807, 2.05) is 6.08 Å². The Hall–Kier alpha value is -0.670. The Balaban J connectivity index is 1.45. The van der Waals surface area contributed by atoms with Gasteiger partial charge in [-0.2, -0.15) is 0 Å². The molecule has 0 amide bonds. The van der Waals surface area contributed by atoms with E-state index in [1.54, 1.807) is 0 Å². The third kappa shape index (κ3) is 3.51. The van der Waals surface area contributed by atoms with Crippen molar-refractivity contribution in [1.29, 1.82) is 0 Å². The molecule has 1 unspecified atom stereocenters. The minimum absolute atomic E-state index is 0.381. The van der Waals surface area contributed by atoms with Crippen LogP contribution in [-0.4, -0.2) is 43.0 Å². The zero-order valence-corrected chi connectivity index (χ0v) is 18.4. The predicted octanol–water partition coefficient (Wildman–Crippen LogP) is 5.25. The summed E-state index contributed by atoms with van der Waals surface area (Å²) in [6, 6.07) is 0. The molecule has 158 valence electrons. The molecule has 6 atom stereocenters. The molecule has 3 fully saturated rings. The Bertz CT molecular complexity index is 595. The molecule has 0 saturated heterocycles. The zero-order valence-electron chi connectivity index (χ0n) is 18.4. The average molecular weight is 388 g/mol. The number of allylic oxidation sites excluding steroid dienone is 1. The summed E-state index contributed by atoms with van der Waals surface area (Å²) in [4.78, 5) is 14.4. The van der Waals surface area contributed by atoms with Crippen LogP contribution in [-0.2, 0) is 9.53 Å². The molecule has 28 heavy (non-hydrogen) atoms. The fourth-order valence-corrected chi connectivity index (χ4v) is 7.72. The van der Waals surface area contributed by atoms with Crippen molar-refractivity contribution in [3.63, 3.8) is 0 Å². The van der Waals surface area contributed by atoms with Gasteiger partial charge in [0.2, 0.25) is 0 Å². The van der Waals surface area contributed by atoms with E-state index in [0.29, 0.717) is 23.2 Å². The van der Waals surface area contributed by atoms with Crippen LogP contribution in [0.3, 0.4) is 0 Å². The van der Waals surface area contributed by atoms with Gasteiger partial charge in [0.1, 0.15) is 0 Å². The molecular weight excluding hydrogens is 346 g/mol. The lowest BCUT2D eigenvalue weighted by molar-refractivity contribution is -0.117. The van der Waals surface area contributed by atoms with Crippen LogP contribution in [0.25, 0.3) is 0 Å². The van der Waals surface area contributed by atoms with Gasteiger partial charge in [-0.1, -0.05) is 26.3 Å². The largest absolute Gasteiger partial charge is 0.376 e. The monoisotopic (exact) mass is 387 g/mol. The Labute approximate surface area is 172 Å². The summed E-state index contributed by atoms with van der Waals surface area (Å²) < 4.78 is 6.60. The molecule has 3 nitrogen and oxygen atoms in total. The van der Waals surface area contributed by atoms with Gasteiger partial charge >= 0.3 is 0 Å². The van der Waals surface area contributed by atoms with Crippen LogP contribution in [0.4, 0.5) is 0 Å². The summed E-state index contributed by atoms with van der Waals surface area (Å²) in [5.74, 6) is 3.67. The number of ether oxygens (including phenoxy) is 1. The Morgan fingerprint density at radius 2 is 1.86 bits per heavy atom. The van der Waals surface area contributed by atoms with Gasteiger partial charge in [-0.3, -0.25) is 4.79 Å². The summed E-state index contributed by atoms with van der Waals surface area (Å²) in [5.41, 5.74) is 1.93. The van der Waals surface area contributed by atoms with Crippen molar-refractivity contribution in [2.75, 3.05) is 26.2 Å². The maximum absolute atomic E-state index is 11.9. The van der Waals surface area contributed by atoms with Crippen molar-refractivity contribution in [3.8, 4) is 0 Å². The molecule has 4 aliphatic rings. The van der Waals surface area contributed by atoms with E-state index in [-0.39, 0.29) is 0 Å². The van der Waals surface area contributed by atoms with Gasteiger partial charge in [0.15, 0.2) is 5.78 Å². The number of nitrogens with zero attached hydrogens (tertiary/aromatic N) is 1. The molecule has 0 bridgehead atoms. The number of carbonyl (C=O) groups excluding carboxylic acids is 1. The zero-order chi connectivity index (χ0) is 19.7. The van der Waals surface area contributed by atoms with Crippen LogP contribution in [0.2, 0.25) is 0 Å². The van der Waals surface area contributed by atoms with E-state index in [2.05, 4.69) is 25.7 Å². The van der Waals surface area contributed by atoms with Gasteiger partial charge in [-0.05, 0) is 99.6 Å². The van der Waals surface area contributed by atoms with E-state index >= 15 is 0 Å². The van der Waals surface area contributed by atoms with Crippen molar-refractivity contribution in [1.82, 2.24) is 4.90 Å². The molecule has 4 aliphatic carbocycles. The first kappa shape index (κ1) is 20.6. The van der Waals surface area contributed by atoms with Gasteiger partial charge in [0.05, 0.1) is 12.7 Å². The SMILES string of the molecule is CCN(CC)CCO[C@H]1CC[C@H]2[C@@H]3CCC4=CC(=O)CC[C@@H]4[C@H]3CCC12CC. The maximum Gasteiger partial charge on any atom is 0.155 e. The molecule has 0 aromatic carbocycles. The second-order valence-electron chi connectivity index (χ2n) is 9.89. The minimum Gasteiger partial charge on any atom is -0.376 e. The molecule has 0 N–H and O–H groups in total. The van der Waals surface area contributed by atoms with Crippen LogP contribution in [0.5, 0.6) is 0 Å². The number of carbonyl (C=O) groups is 1. The normalized spacial score (nSPS) is 40.1. The van der Waals surface area contributed by atoms with Gasteiger partial charge in [-0.15, -0.1) is 0 Å². The van der Waals surface area contributed by atoms with Crippen LogP contribution in [0.15, 0.2) is 11.6 Å². The van der Waals surface area contributed by atoms with Gasteiger partial charge in [-0.25, -0.2) is 0 Å². The first-order valence-electron chi connectivity index (χ1n) is 12.2. The second-order valence-corrected chi connectivity index (χ2v) is 9.89. The number of likely N-dealkylation sites (N-methyl/N-ethyl adjacent to an activating group) is 1. The van der Waals surface area contributed by atoms with Gasteiger partial charge in [0.25, 0.3) is 0 Å². The number of hydrogen-bond donors (Lipinski definition) is 0. The molecule has 3 saturated carbocycles. The highest BCUT2D eigenvalue weighted by molar-refractivity contribution is 5.91. The lowest BCUT2D eigenvalue weighted by Crippen LogP contribution is -2.49. The van der Waals surface area contributed by atoms with Crippen LogP contribution in [0.1, 0.15) is 78.6 Å². The van der Waals surface area contributed by atoms with Crippen molar-refractivity contribution >= 4 is 5.78 Å². The molecular formula is C25H41NO2. The Kier molecular flexibility index (Phi) is 6.32. The quantitative estimate of drug-likeness (QED) is 0.598. The summed E-state index contributed by atoms with van der Waals surface area (Å²) in [5, 5.41) is 0. The molecule has 0 spiro atoms. The van der Waals surface area contributed by atoms with Crippen LogP contribution in [0, 0.1) is 29.1 Å². The summed E-state index contributed by atoms with van der Waals surface area (Å²) in [6.45, 7) is 11.1. The van der Waals surface area contributed by atoms with Crippen LogP contribution < -0.4 is 0 Å². The molecule has 4 rings (SSSR count). The highest BCUT2D eigenvalue weighted by Crippen LogP contribution is 2.63. The highest BCUT2D eigenvalue weighted by atomic mass is 16.5. The molecule has 0 aliphatic heterocycles. The molecule has 0 radical (unpaired) electrons. The fraction of sp³-hybridized carbons (Fsp3) is 0.880. The number of fused-ring (bicyclic) bond motifs is 5. The van der Waals surface area contributed by atoms with Crippen molar-refractivity contribution < 1.29 is 9.53 Å². The average Bonchev–Trinajstić information content (AvgIpc) is 3.09. The lowest BCUT2D eigenvalue weighted by atomic mass is 9.51. The maximum atomic E-state index is 11.9. The van der Waals surface area contributed by atoms with E-state index in [1.165, 1.54) is 50.5 Å². The highest BCUT2D eigenvalue weighted by Gasteiger charge is 2.58. The van der Waals surface area contributed by atoms with E-state index in [0.717, 1.165) is 56.8 Å². The standard InChI is InChI=1S/C25H41NO2/c1-4-25-14-13-21-20-10-8-19(27)17-18(20)7-9-22(21)23(25)11-12-24(25)28-16-15-26(5-2)6-3/h17,20-24H,4-16H2,1-3H3/t20-,21+,22+,23-,24-,25?/m0/s1. The summed E-state index contributed by atoms with van der Waals surface area (Å²) in [6.07, 6.45) is 13.6. The predicted molar refractivity (Wildman–Crippen MR) is 114 cm³/mol. The molecule has 0 aromatic heterocycles. The van der Waals surface area contributed by atoms with Crippen molar-refractivity contribution in [2.45, 2.75) is 84.7 Å². The van der Waals surface area contributed by atoms with Gasteiger partial charge < -0.3 is 9.64 Å². The summed E-state index contributed by atoms with van der Waals surface area (Å²) >= 11 is 0. The number of hydrogen-bond acceptors (Lipinski definition) is 3. The Morgan fingerprint density at radius 3 is 2.61 bits per heavy atom. The lowest BCUT2D eigenvalue weighted by Gasteiger charge is -2.54. The second kappa shape index (κ2) is 8.60. The van der Waals surface area contributed by atoms with E-state index in [4.69, 9.17) is 4.74 Å². The molecule has 3 heteroatoms. The molecule has 0 heterocycles. The molecule has 0 aromatic rings. The van der Waals surface area contributed by atoms with E-state index in [9.17, 15) is 4.79 Å². The van der Waals surface area contributed by atoms with Crippen LogP contribution >= 0.6 is 0 Å². The summed E-state index contributed by atoms with van der Waals surface area (Å²) in [7, 11) is 0. The van der Waals surface area contributed by atoms with Crippen molar-refractivity contribution in [3.05, 3.63) is 11.6 Å². The first-order chi connectivity index (χ1) is 13.6. The third-order valence-electron chi connectivity index (χ3n) is 9.22. The Morgan fingerprint density at radius 1 is 1.04 bits per heavy atom. The smallest absolute Gasteiger partial charge is 0.155 e.